The minimum atomic E-state index is -2.47. The van der Waals surface area contributed by atoms with E-state index in [2.05, 4.69) is 11.1 Å². The number of rotatable bonds is 5. The van der Waals surface area contributed by atoms with E-state index in [0.29, 0.717) is 0 Å². The monoisotopic (exact) mass is 629 g/mol. The summed E-state index contributed by atoms with van der Waals surface area (Å²) in [5.74, 6) is 0.251. The van der Waals surface area contributed by atoms with Gasteiger partial charge in [-0.05, 0) is 49.2 Å². The van der Waals surface area contributed by atoms with Crippen LogP contribution in [0.1, 0.15) is 113 Å². The van der Waals surface area contributed by atoms with Gasteiger partial charge in [0.05, 0.1) is 5.69 Å². The Morgan fingerprint density at radius 3 is 1.57 bits per heavy atom. The summed E-state index contributed by atoms with van der Waals surface area (Å²) in [5, 5.41) is 9.61. The Labute approximate surface area is 233 Å². The number of hydrogen-bond donors (Lipinski definition) is 1. The molecule has 0 saturated heterocycles. The van der Waals surface area contributed by atoms with Crippen molar-refractivity contribution in [3.05, 3.63) is 59.2 Å². The van der Waals surface area contributed by atoms with Gasteiger partial charge in [-0.25, -0.2) is 0 Å². The molecular weight excluding hydrogens is 581 g/mol. The van der Waals surface area contributed by atoms with Gasteiger partial charge in [-0.3, -0.25) is 4.99 Å². The Morgan fingerprint density at radius 1 is 0.703 bits per heavy atom. The van der Waals surface area contributed by atoms with Crippen LogP contribution in [0.3, 0.4) is 0 Å². The third kappa shape index (κ3) is 8.01. The van der Waals surface area contributed by atoms with Crippen LogP contribution in [0.5, 0.6) is 5.75 Å². The zero-order valence-corrected chi connectivity index (χ0v) is 26.8. The minimum absolute atomic E-state index is 0.251. The molecule has 2 aromatic carbocycles. The molecule has 4 heteroatoms. The summed E-state index contributed by atoms with van der Waals surface area (Å²) in [7, 11) is 7.79. The Balaban J connectivity index is 0.000000176. The Morgan fingerprint density at radius 2 is 1.14 bits per heavy atom. The second kappa shape index (κ2) is 14.4. The summed E-state index contributed by atoms with van der Waals surface area (Å²) >= 11 is -2.47. The molecule has 0 bridgehead atoms. The summed E-state index contributed by atoms with van der Waals surface area (Å²) in [6.07, 6.45) is 24.3. The maximum atomic E-state index is 9.61. The number of benzene rings is 2. The van der Waals surface area contributed by atoms with E-state index in [1.54, 1.807) is 18.3 Å². The first kappa shape index (κ1) is 29.0. The van der Waals surface area contributed by atoms with E-state index in [1.807, 2.05) is 38.1 Å². The number of aliphatic imine (C=N–C) groups is 1. The van der Waals surface area contributed by atoms with Gasteiger partial charge in [0.15, 0.2) is 0 Å². The van der Waals surface area contributed by atoms with Crippen LogP contribution in [0.2, 0.25) is 11.8 Å². The van der Waals surface area contributed by atoms with Crippen LogP contribution in [0, 0.1) is 13.8 Å². The molecule has 0 unspecified atom stereocenters. The predicted molar refractivity (Wildman–Crippen MR) is 163 cm³/mol. The van der Waals surface area contributed by atoms with Gasteiger partial charge in [-0.15, -0.1) is 0 Å². The Kier molecular flexibility index (Phi) is 11.3. The molecule has 0 aliphatic heterocycles. The van der Waals surface area contributed by atoms with E-state index in [4.69, 9.17) is 8.92 Å². The SMILES string of the molecule is Cc1cc(C)cc(N=Cc2ccccc2O)c1.[Cl][Sn]([CH]1CCCCC1)([CH]1CCCCC1)[CH]1CCCCC1. The van der Waals surface area contributed by atoms with Gasteiger partial charge < -0.3 is 5.11 Å². The molecule has 0 spiro atoms. The summed E-state index contributed by atoms with van der Waals surface area (Å²) in [4.78, 5) is 4.37. The Hall–Kier alpha value is -1.00. The van der Waals surface area contributed by atoms with Gasteiger partial charge in [0.25, 0.3) is 0 Å². The number of phenolic OH excluding ortho intramolecular Hbond substituents is 1. The fourth-order valence-electron chi connectivity index (χ4n) is 7.40. The quantitative estimate of drug-likeness (QED) is 0.259. The third-order valence-corrected chi connectivity index (χ3v) is 31.1. The average molecular weight is 629 g/mol. The number of phenols is 1. The van der Waals surface area contributed by atoms with Crippen LogP contribution >= 0.6 is 8.92 Å². The zero-order valence-electron chi connectivity index (χ0n) is 23.2. The molecule has 37 heavy (non-hydrogen) atoms. The van der Waals surface area contributed by atoms with Crippen molar-refractivity contribution in [3.8, 4) is 5.75 Å². The van der Waals surface area contributed by atoms with Crippen molar-refractivity contribution in [3.63, 3.8) is 0 Å². The summed E-state index contributed by atoms with van der Waals surface area (Å²) < 4.78 is 3.14. The maximum absolute atomic E-state index is 9.61. The molecule has 3 saturated carbocycles. The molecule has 0 heterocycles. The first-order valence-electron chi connectivity index (χ1n) is 15.1. The normalized spacial score (nSPS) is 20.5. The molecule has 2 aromatic rings. The molecular formula is C33H48ClNOSn. The summed E-state index contributed by atoms with van der Waals surface area (Å²) in [6, 6.07) is 13.3. The number of hydrogen-bond acceptors (Lipinski definition) is 2. The fraction of sp³-hybridized carbons (Fsp3) is 0.606. The molecule has 0 amide bonds. The van der Waals surface area contributed by atoms with E-state index in [0.717, 1.165) is 23.1 Å². The van der Waals surface area contributed by atoms with Crippen molar-refractivity contribution in [1.29, 1.82) is 0 Å². The molecule has 2 nitrogen and oxygen atoms in total. The van der Waals surface area contributed by atoms with Gasteiger partial charge in [0, 0.05) is 11.8 Å². The van der Waals surface area contributed by atoms with Crippen molar-refractivity contribution < 1.29 is 5.11 Å². The van der Waals surface area contributed by atoms with E-state index < -0.39 is 17.3 Å². The van der Waals surface area contributed by atoms with Crippen LogP contribution in [0.15, 0.2) is 47.5 Å². The third-order valence-electron chi connectivity index (χ3n) is 9.19. The van der Waals surface area contributed by atoms with Crippen molar-refractivity contribution in [1.82, 2.24) is 0 Å². The molecule has 1 N–H and O–H groups in total. The molecule has 0 atom stereocenters. The molecule has 0 aromatic heterocycles. The molecule has 3 fully saturated rings. The second-order valence-corrected chi connectivity index (χ2v) is 28.1. The van der Waals surface area contributed by atoms with Crippen molar-refractivity contribution >= 4 is 38.1 Å². The van der Waals surface area contributed by atoms with Gasteiger partial charge in [0.1, 0.15) is 5.75 Å². The number of aryl methyl sites for hydroxylation is 2. The molecule has 202 valence electrons. The summed E-state index contributed by atoms with van der Waals surface area (Å²) in [5.41, 5.74) is 4.02. The second-order valence-electron chi connectivity index (χ2n) is 12.0. The Bertz CT molecular complexity index is 937. The van der Waals surface area contributed by atoms with E-state index in [9.17, 15) is 5.11 Å². The number of para-hydroxylation sites is 1. The van der Waals surface area contributed by atoms with Crippen LogP contribution in [-0.2, 0) is 0 Å². The van der Waals surface area contributed by atoms with E-state index in [-0.39, 0.29) is 5.75 Å². The first-order chi connectivity index (χ1) is 18.0. The topological polar surface area (TPSA) is 32.6 Å². The summed E-state index contributed by atoms with van der Waals surface area (Å²) in [6.45, 7) is 4.10. The van der Waals surface area contributed by atoms with Crippen LogP contribution < -0.4 is 0 Å². The van der Waals surface area contributed by atoms with Gasteiger partial charge in [-0.1, -0.05) is 18.2 Å². The van der Waals surface area contributed by atoms with Crippen molar-refractivity contribution in [2.24, 2.45) is 4.99 Å². The predicted octanol–water partition coefficient (Wildman–Crippen LogP) is 10.9. The fourth-order valence-corrected chi connectivity index (χ4v) is 28.6. The zero-order chi connectivity index (χ0) is 26.1. The number of nitrogens with zero attached hydrogens (tertiary/aromatic N) is 1. The average Bonchev–Trinajstić information content (AvgIpc) is 2.93. The molecule has 5 rings (SSSR count). The number of halogens is 1. The first-order valence-corrected chi connectivity index (χ1v) is 23.6. The van der Waals surface area contributed by atoms with E-state index >= 15 is 0 Å². The van der Waals surface area contributed by atoms with Crippen LogP contribution in [0.4, 0.5) is 5.69 Å². The van der Waals surface area contributed by atoms with Gasteiger partial charge in [0.2, 0.25) is 0 Å². The molecule has 3 aliphatic carbocycles. The van der Waals surface area contributed by atoms with Gasteiger partial charge >= 0.3 is 134 Å². The van der Waals surface area contributed by atoms with Gasteiger partial charge in [-0.2, -0.15) is 0 Å². The van der Waals surface area contributed by atoms with Crippen LogP contribution in [-0.4, -0.2) is 28.6 Å². The van der Waals surface area contributed by atoms with Crippen molar-refractivity contribution in [2.75, 3.05) is 0 Å². The van der Waals surface area contributed by atoms with Crippen molar-refractivity contribution in [2.45, 2.75) is 122 Å². The molecule has 0 radical (unpaired) electrons. The van der Waals surface area contributed by atoms with E-state index in [1.165, 1.54) is 107 Å². The standard InChI is InChI=1S/C15H15NO.3C6H11.ClH.Sn/c1-11-7-12(2)9-14(8-11)16-10-13-5-3-4-6-15(13)17;3*1-2-4-6-5-3-1;;/h3-10,17H,1-2H3;3*1H,2-6H2;1H;/q;;;;;+1/p-1. The number of aromatic hydroxyl groups is 1. The molecule has 3 aliphatic rings. The van der Waals surface area contributed by atoms with Crippen LogP contribution in [0.25, 0.3) is 0 Å².